The Kier molecular flexibility index (Phi) is 45.3. The quantitative estimate of drug-likeness (QED) is 0.0428. The van der Waals surface area contributed by atoms with Gasteiger partial charge < -0.3 is 15.5 Å². The molecule has 0 fully saturated rings. The number of carbonyl (C=O) groups excluding carboxylic acids is 1. The van der Waals surface area contributed by atoms with Crippen LogP contribution in [0.1, 0.15) is 271 Å². The molecule has 0 saturated carbocycles. The van der Waals surface area contributed by atoms with Crippen molar-refractivity contribution in [3.63, 3.8) is 0 Å². The van der Waals surface area contributed by atoms with Crippen LogP contribution in [-0.2, 0) is 4.79 Å². The van der Waals surface area contributed by atoms with E-state index in [-0.39, 0.29) is 12.5 Å². The molecule has 320 valence electrons. The van der Waals surface area contributed by atoms with Crippen molar-refractivity contribution < 1.29 is 15.0 Å². The second kappa shape index (κ2) is 46.3. The summed E-state index contributed by atoms with van der Waals surface area (Å²) >= 11 is 0. The fraction of sp³-hybridized carbons (Fsp3) is 0.900. The maximum atomic E-state index is 12.3. The Bertz CT molecular complexity index is 780. The largest absolute Gasteiger partial charge is 0.394 e. The average molecular weight is 760 g/mol. The minimum absolute atomic E-state index is 0.0720. The van der Waals surface area contributed by atoms with E-state index in [9.17, 15) is 15.0 Å². The predicted octanol–water partition coefficient (Wildman–Crippen LogP) is 15.6. The van der Waals surface area contributed by atoms with Gasteiger partial charge in [0.2, 0.25) is 5.91 Å². The Balaban J connectivity index is 3.48. The maximum absolute atomic E-state index is 12.3. The molecule has 0 aliphatic heterocycles. The number of allylic oxidation sites excluding steroid dienone is 3. The van der Waals surface area contributed by atoms with E-state index in [2.05, 4.69) is 31.3 Å². The van der Waals surface area contributed by atoms with Crippen LogP contribution in [0.4, 0.5) is 0 Å². The van der Waals surface area contributed by atoms with Crippen LogP contribution in [0, 0.1) is 0 Å². The molecule has 0 saturated heterocycles. The molecule has 0 aromatic rings. The molecule has 0 rings (SSSR count). The molecule has 0 aliphatic carbocycles. The molecule has 3 N–H and O–H groups in total. The molecule has 1 amide bonds. The standard InChI is InChI=1S/C50H97NO3/c1-3-5-7-9-11-13-15-17-18-19-20-21-22-23-24-25-26-27-28-29-30-31-32-33-34-35-37-39-41-43-45-49(53)48(47-52)51-50(54)46-44-42-40-38-36-16-14-12-10-8-6-4-2/h35,37,43,45,48-49,52-53H,3-34,36,38-42,44,46-47H2,1-2H3,(H,51,54)/b37-35+,45-43+. The number of carbonyl (C=O) groups is 1. The van der Waals surface area contributed by atoms with Crippen LogP contribution in [0.3, 0.4) is 0 Å². The molecular formula is C50H97NO3. The number of unbranched alkanes of at least 4 members (excludes halogenated alkanes) is 36. The summed E-state index contributed by atoms with van der Waals surface area (Å²) in [7, 11) is 0. The summed E-state index contributed by atoms with van der Waals surface area (Å²) in [6, 6.07) is -0.634. The summed E-state index contributed by atoms with van der Waals surface area (Å²) in [6.45, 7) is 4.31. The summed E-state index contributed by atoms with van der Waals surface area (Å²) in [5.41, 5.74) is 0. The molecule has 0 radical (unpaired) electrons. The van der Waals surface area contributed by atoms with Gasteiger partial charge in [-0.05, 0) is 32.1 Å². The van der Waals surface area contributed by atoms with Crippen molar-refractivity contribution in [2.75, 3.05) is 6.61 Å². The summed E-state index contributed by atoms with van der Waals surface area (Å²) in [5, 5.41) is 23.0. The second-order valence-corrected chi connectivity index (χ2v) is 16.9. The summed E-state index contributed by atoms with van der Waals surface area (Å²) in [6.07, 6.45) is 60.4. The van der Waals surface area contributed by atoms with Crippen molar-refractivity contribution in [3.8, 4) is 0 Å². The molecule has 0 heterocycles. The van der Waals surface area contributed by atoms with Gasteiger partial charge >= 0.3 is 0 Å². The molecule has 0 bridgehead atoms. The number of hydrogen-bond donors (Lipinski definition) is 3. The zero-order chi connectivity index (χ0) is 39.3. The first-order chi connectivity index (χ1) is 26.7. The second-order valence-electron chi connectivity index (χ2n) is 16.9. The minimum Gasteiger partial charge on any atom is -0.394 e. The highest BCUT2D eigenvalue weighted by molar-refractivity contribution is 5.76. The molecule has 0 aromatic carbocycles. The van der Waals surface area contributed by atoms with Gasteiger partial charge in [0.1, 0.15) is 0 Å². The lowest BCUT2D eigenvalue weighted by Gasteiger charge is -2.19. The first kappa shape index (κ1) is 52.9. The highest BCUT2D eigenvalue weighted by atomic mass is 16.3. The maximum Gasteiger partial charge on any atom is 0.220 e. The van der Waals surface area contributed by atoms with Gasteiger partial charge in [-0.15, -0.1) is 0 Å². The Hall–Kier alpha value is -1.13. The number of amides is 1. The minimum atomic E-state index is -0.858. The molecular weight excluding hydrogens is 663 g/mol. The van der Waals surface area contributed by atoms with Crippen LogP contribution in [0.25, 0.3) is 0 Å². The predicted molar refractivity (Wildman–Crippen MR) is 239 cm³/mol. The molecule has 4 heteroatoms. The van der Waals surface area contributed by atoms with Gasteiger partial charge in [0.25, 0.3) is 0 Å². The van der Waals surface area contributed by atoms with E-state index >= 15 is 0 Å². The van der Waals surface area contributed by atoms with E-state index in [1.54, 1.807) is 6.08 Å². The Morgan fingerprint density at radius 1 is 0.426 bits per heavy atom. The van der Waals surface area contributed by atoms with Gasteiger partial charge in [0.15, 0.2) is 0 Å². The van der Waals surface area contributed by atoms with Crippen LogP contribution in [0.15, 0.2) is 24.3 Å². The first-order valence-corrected chi connectivity index (χ1v) is 24.6. The van der Waals surface area contributed by atoms with Crippen LogP contribution < -0.4 is 5.32 Å². The molecule has 2 unspecified atom stereocenters. The topological polar surface area (TPSA) is 69.6 Å². The van der Waals surface area contributed by atoms with Crippen LogP contribution >= 0.6 is 0 Å². The lowest BCUT2D eigenvalue weighted by Crippen LogP contribution is -2.45. The van der Waals surface area contributed by atoms with E-state index < -0.39 is 12.1 Å². The zero-order valence-corrected chi connectivity index (χ0v) is 36.8. The lowest BCUT2D eigenvalue weighted by atomic mass is 10.0. The summed E-state index contributed by atoms with van der Waals surface area (Å²) in [4.78, 5) is 12.3. The first-order valence-electron chi connectivity index (χ1n) is 24.6. The van der Waals surface area contributed by atoms with Crippen LogP contribution in [0.2, 0.25) is 0 Å². The fourth-order valence-corrected chi connectivity index (χ4v) is 7.67. The normalized spacial score (nSPS) is 13.0. The van der Waals surface area contributed by atoms with Crippen LogP contribution in [0.5, 0.6) is 0 Å². The highest BCUT2D eigenvalue weighted by Crippen LogP contribution is 2.17. The molecule has 0 aliphatic rings. The van der Waals surface area contributed by atoms with Crippen molar-refractivity contribution >= 4 is 5.91 Å². The van der Waals surface area contributed by atoms with Gasteiger partial charge in [-0.1, -0.05) is 256 Å². The third-order valence-electron chi connectivity index (χ3n) is 11.4. The smallest absolute Gasteiger partial charge is 0.220 e. The molecule has 0 aromatic heterocycles. The number of nitrogens with one attached hydrogen (secondary N) is 1. The fourth-order valence-electron chi connectivity index (χ4n) is 7.67. The third-order valence-corrected chi connectivity index (χ3v) is 11.4. The molecule has 2 atom stereocenters. The Morgan fingerprint density at radius 2 is 0.722 bits per heavy atom. The Labute approximate surface area is 339 Å². The van der Waals surface area contributed by atoms with Crippen molar-refractivity contribution in [1.29, 1.82) is 0 Å². The SMILES string of the molecule is CCCCCCCCCCCCCCCCCCCCCCCCCC/C=C/CC/C=C/C(O)C(CO)NC(=O)CCCCCCCCCCCCCC. The van der Waals surface area contributed by atoms with Crippen molar-refractivity contribution in [2.45, 2.75) is 283 Å². The van der Waals surface area contributed by atoms with Crippen molar-refractivity contribution in [2.24, 2.45) is 0 Å². The van der Waals surface area contributed by atoms with Crippen LogP contribution in [-0.4, -0.2) is 34.9 Å². The Morgan fingerprint density at radius 3 is 1.07 bits per heavy atom. The molecule has 54 heavy (non-hydrogen) atoms. The van der Waals surface area contributed by atoms with E-state index in [1.165, 1.54) is 218 Å². The summed E-state index contributed by atoms with van der Waals surface area (Å²) in [5.74, 6) is -0.0720. The van der Waals surface area contributed by atoms with Gasteiger partial charge in [0, 0.05) is 6.42 Å². The van der Waals surface area contributed by atoms with Crippen molar-refractivity contribution in [3.05, 3.63) is 24.3 Å². The number of rotatable bonds is 45. The van der Waals surface area contributed by atoms with Gasteiger partial charge in [-0.25, -0.2) is 0 Å². The van der Waals surface area contributed by atoms with Gasteiger partial charge in [0.05, 0.1) is 18.8 Å². The lowest BCUT2D eigenvalue weighted by molar-refractivity contribution is -0.123. The highest BCUT2D eigenvalue weighted by Gasteiger charge is 2.17. The van der Waals surface area contributed by atoms with E-state index in [1.807, 2.05) is 6.08 Å². The van der Waals surface area contributed by atoms with E-state index in [0.29, 0.717) is 6.42 Å². The number of aliphatic hydroxyl groups excluding tert-OH is 2. The van der Waals surface area contributed by atoms with E-state index in [4.69, 9.17) is 0 Å². The summed E-state index contributed by atoms with van der Waals surface area (Å²) < 4.78 is 0. The van der Waals surface area contributed by atoms with Gasteiger partial charge in [-0.2, -0.15) is 0 Å². The monoisotopic (exact) mass is 760 g/mol. The number of aliphatic hydroxyl groups is 2. The third kappa shape index (κ3) is 42.0. The van der Waals surface area contributed by atoms with Crippen molar-refractivity contribution in [1.82, 2.24) is 5.32 Å². The zero-order valence-electron chi connectivity index (χ0n) is 36.8. The molecule has 4 nitrogen and oxygen atoms in total. The van der Waals surface area contributed by atoms with E-state index in [0.717, 1.165) is 32.1 Å². The average Bonchev–Trinajstić information content (AvgIpc) is 3.18. The molecule has 0 spiro atoms. The number of hydrogen-bond acceptors (Lipinski definition) is 3. The van der Waals surface area contributed by atoms with Gasteiger partial charge in [-0.3, -0.25) is 4.79 Å².